The van der Waals surface area contributed by atoms with Crippen LogP contribution in [0.5, 0.6) is 5.75 Å². The number of rotatable bonds is 6. The number of likely N-dealkylation sites (tertiary alicyclic amines) is 1. The van der Waals surface area contributed by atoms with Crippen LogP contribution in [0.1, 0.15) is 30.0 Å². The van der Waals surface area contributed by atoms with Crippen molar-refractivity contribution in [3.05, 3.63) is 71.0 Å². The zero-order chi connectivity index (χ0) is 19.3. The second-order valence-corrected chi connectivity index (χ2v) is 7.71. The molecular formula is C22H25ClN4O. The lowest BCUT2D eigenvalue weighted by molar-refractivity contribution is 0.213. The maximum absolute atomic E-state index is 5.96. The number of benzene rings is 2. The van der Waals surface area contributed by atoms with Gasteiger partial charge in [0.25, 0.3) is 0 Å². The van der Waals surface area contributed by atoms with Gasteiger partial charge in [0.05, 0.1) is 24.7 Å². The van der Waals surface area contributed by atoms with E-state index in [-0.39, 0.29) is 0 Å². The molecule has 0 amide bonds. The van der Waals surface area contributed by atoms with E-state index in [1.807, 2.05) is 41.1 Å². The fourth-order valence-electron chi connectivity index (χ4n) is 3.72. The predicted molar refractivity (Wildman–Crippen MR) is 111 cm³/mol. The lowest BCUT2D eigenvalue weighted by Gasteiger charge is -2.31. The summed E-state index contributed by atoms with van der Waals surface area (Å²) in [5, 5.41) is 9.45. The van der Waals surface area contributed by atoms with Crippen LogP contribution in [0.15, 0.2) is 54.7 Å². The molecule has 1 aliphatic heterocycles. The van der Waals surface area contributed by atoms with E-state index in [4.69, 9.17) is 16.3 Å². The van der Waals surface area contributed by atoms with Crippen molar-refractivity contribution >= 4 is 11.6 Å². The lowest BCUT2D eigenvalue weighted by Crippen LogP contribution is -2.34. The third kappa shape index (κ3) is 4.54. The summed E-state index contributed by atoms with van der Waals surface area (Å²) < 4.78 is 7.06. The first-order valence-electron chi connectivity index (χ1n) is 9.75. The third-order valence-corrected chi connectivity index (χ3v) is 5.74. The van der Waals surface area contributed by atoms with Gasteiger partial charge in [0.1, 0.15) is 5.75 Å². The summed E-state index contributed by atoms with van der Waals surface area (Å²) >= 11 is 5.96. The molecule has 0 aliphatic carbocycles. The van der Waals surface area contributed by atoms with E-state index >= 15 is 0 Å². The van der Waals surface area contributed by atoms with Crippen molar-refractivity contribution in [3.8, 4) is 11.4 Å². The van der Waals surface area contributed by atoms with E-state index in [0.717, 1.165) is 61.1 Å². The Labute approximate surface area is 170 Å². The van der Waals surface area contributed by atoms with Gasteiger partial charge in [-0.2, -0.15) is 0 Å². The number of piperidine rings is 1. The second-order valence-electron chi connectivity index (χ2n) is 7.28. The molecule has 0 atom stereocenters. The number of halogens is 1. The van der Waals surface area contributed by atoms with Crippen molar-refractivity contribution in [2.24, 2.45) is 0 Å². The van der Waals surface area contributed by atoms with Gasteiger partial charge in [-0.05, 0) is 74.3 Å². The van der Waals surface area contributed by atoms with Gasteiger partial charge >= 0.3 is 0 Å². The summed E-state index contributed by atoms with van der Waals surface area (Å²) in [6, 6.07) is 16.0. The SMILES string of the molecule is COc1ccc(CCN2CCC(c3cn(-c4ccc(Cl)cc4)nn3)CC2)cc1. The van der Waals surface area contributed by atoms with Gasteiger partial charge in [0, 0.05) is 17.5 Å². The Hall–Kier alpha value is -2.37. The maximum atomic E-state index is 5.96. The minimum absolute atomic E-state index is 0.485. The highest BCUT2D eigenvalue weighted by Crippen LogP contribution is 2.27. The summed E-state index contributed by atoms with van der Waals surface area (Å²) in [6.45, 7) is 3.31. The molecule has 0 radical (unpaired) electrons. The fraction of sp³-hybridized carbons (Fsp3) is 0.364. The Morgan fingerprint density at radius 2 is 1.75 bits per heavy atom. The molecule has 1 aromatic heterocycles. The molecule has 0 saturated carbocycles. The monoisotopic (exact) mass is 396 g/mol. The van der Waals surface area contributed by atoms with Gasteiger partial charge in [-0.1, -0.05) is 28.9 Å². The average molecular weight is 397 g/mol. The molecule has 0 unspecified atom stereocenters. The van der Waals surface area contributed by atoms with Gasteiger partial charge in [-0.25, -0.2) is 4.68 Å². The lowest BCUT2D eigenvalue weighted by atomic mass is 9.94. The Balaban J connectivity index is 1.28. The molecule has 5 nitrogen and oxygen atoms in total. The van der Waals surface area contributed by atoms with Crippen LogP contribution in [-0.2, 0) is 6.42 Å². The fourth-order valence-corrected chi connectivity index (χ4v) is 3.84. The number of ether oxygens (including phenoxy) is 1. The number of hydrogen-bond donors (Lipinski definition) is 0. The van der Waals surface area contributed by atoms with E-state index < -0.39 is 0 Å². The topological polar surface area (TPSA) is 43.2 Å². The number of methoxy groups -OCH3 is 1. The molecule has 2 aromatic carbocycles. The van der Waals surface area contributed by atoms with E-state index in [1.165, 1.54) is 5.56 Å². The molecule has 0 N–H and O–H groups in total. The van der Waals surface area contributed by atoms with Crippen molar-refractivity contribution in [3.63, 3.8) is 0 Å². The Kier molecular flexibility index (Phi) is 5.93. The van der Waals surface area contributed by atoms with Crippen LogP contribution < -0.4 is 4.74 Å². The molecule has 4 rings (SSSR count). The van der Waals surface area contributed by atoms with Crippen LogP contribution in [0.25, 0.3) is 5.69 Å². The molecule has 6 heteroatoms. The van der Waals surface area contributed by atoms with Crippen molar-refractivity contribution in [1.82, 2.24) is 19.9 Å². The summed E-state index contributed by atoms with van der Waals surface area (Å²) in [7, 11) is 1.70. The standard InChI is InChI=1S/C22H25ClN4O/c1-28-21-8-2-17(3-9-21)10-13-26-14-11-18(12-15-26)22-16-27(25-24-22)20-6-4-19(23)5-7-20/h2-9,16,18H,10-15H2,1H3. The van der Waals surface area contributed by atoms with Crippen LogP contribution in [0.2, 0.25) is 5.02 Å². The molecule has 2 heterocycles. The highest BCUT2D eigenvalue weighted by Gasteiger charge is 2.23. The van der Waals surface area contributed by atoms with Crippen molar-refractivity contribution in [2.75, 3.05) is 26.7 Å². The molecule has 3 aromatic rings. The van der Waals surface area contributed by atoms with E-state index in [1.54, 1.807) is 7.11 Å². The van der Waals surface area contributed by atoms with E-state index in [2.05, 4.69) is 33.5 Å². The Bertz CT molecular complexity index is 884. The molecule has 0 spiro atoms. The van der Waals surface area contributed by atoms with Gasteiger partial charge in [-0.15, -0.1) is 5.10 Å². The Morgan fingerprint density at radius 1 is 1.04 bits per heavy atom. The molecule has 1 fully saturated rings. The van der Waals surface area contributed by atoms with Gasteiger partial charge < -0.3 is 9.64 Å². The first kappa shape index (κ1) is 19.0. The normalized spacial score (nSPS) is 15.6. The van der Waals surface area contributed by atoms with E-state index in [0.29, 0.717) is 5.92 Å². The molecule has 146 valence electrons. The first-order chi connectivity index (χ1) is 13.7. The summed E-state index contributed by atoms with van der Waals surface area (Å²) in [6.07, 6.45) is 5.38. The van der Waals surface area contributed by atoms with Crippen molar-refractivity contribution < 1.29 is 4.74 Å². The van der Waals surface area contributed by atoms with Crippen LogP contribution >= 0.6 is 11.6 Å². The molecule has 28 heavy (non-hydrogen) atoms. The zero-order valence-corrected chi connectivity index (χ0v) is 16.8. The number of aromatic nitrogens is 3. The van der Waals surface area contributed by atoms with Crippen LogP contribution in [0.3, 0.4) is 0 Å². The van der Waals surface area contributed by atoms with Crippen LogP contribution in [0, 0.1) is 0 Å². The van der Waals surface area contributed by atoms with Crippen LogP contribution in [-0.4, -0.2) is 46.6 Å². The van der Waals surface area contributed by atoms with Gasteiger partial charge in [0.15, 0.2) is 0 Å². The van der Waals surface area contributed by atoms with Gasteiger partial charge in [0.2, 0.25) is 0 Å². The molecular weight excluding hydrogens is 372 g/mol. The highest BCUT2D eigenvalue weighted by atomic mass is 35.5. The zero-order valence-electron chi connectivity index (χ0n) is 16.1. The molecule has 0 bridgehead atoms. The van der Waals surface area contributed by atoms with Crippen molar-refractivity contribution in [2.45, 2.75) is 25.2 Å². The summed E-state index contributed by atoms with van der Waals surface area (Å²) in [5.41, 5.74) is 3.43. The largest absolute Gasteiger partial charge is 0.497 e. The first-order valence-corrected chi connectivity index (χ1v) is 10.1. The second kappa shape index (κ2) is 8.76. The summed E-state index contributed by atoms with van der Waals surface area (Å²) in [4.78, 5) is 2.55. The Morgan fingerprint density at radius 3 is 2.43 bits per heavy atom. The molecule has 1 aliphatic rings. The maximum Gasteiger partial charge on any atom is 0.118 e. The predicted octanol–water partition coefficient (Wildman–Crippen LogP) is 4.35. The van der Waals surface area contributed by atoms with Crippen LogP contribution in [0.4, 0.5) is 0 Å². The smallest absolute Gasteiger partial charge is 0.118 e. The molecule has 1 saturated heterocycles. The summed E-state index contributed by atoms with van der Waals surface area (Å²) in [5.74, 6) is 1.40. The third-order valence-electron chi connectivity index (χ3n) is 5.48. The quantitative estimate of drug-likeness (QED) is 0.621. The average Bonchev–Trinajstić information content (AvgIpc) is 3.24. The highest BCUT2D eigenvalue weighted by molar-refractivity contribution is 6.30. The number of nitrogens with zero attached hydrogens (tertiary/aromatic N) is 4. The van der Waals surface area contributed by atoms with Gasteiger partial charge in [-0.3, -0.25) is 0 Å². The van der Waals surface area contributed by atoms with E-state index in [9.17, 15) is 0 Å². The van der Waals surface area contributed by atoms with Crippen molar-refractivity contribution in [1.29, 1.82) is 0 Å². The minimum Gasteiger partial charge on any atom is -0.497 e. The minimum atomic E-state index is 0.485. The number of hydrogen-bond acceptors (Lipinski definition) is 4.